The van der Waals surface area contributed by atoms with Crippen LogP contribution in [0.5, 0.6) is 5.75 Å². The van der Waals surface area contributed by atoms with E-state index in [1.165, 1.54) is 0 Å². The fourth-order valence-corrected chi connectivity index (χ4v) is 1.87. The molecule has 0 spiro atoms. The SMILES string of the molecule is COc1ccc2[nH]nc(Nc3ccccc3)c2c1. The zero-order chi connectivity index (χ0) is 12.4. The normalized spacial score (nSPS) is 10.5. The van der Waals surface area contributed by atoms with E-state index >= 15 is 0 Å². The van der Waals surface area contributed by atoms with E-state index in [0.717, 1.165) is 28.2 Å². The number of hydrogen-bond acceptors (Lipinski definition) is 3. The molecule has 18 heavy (non-hydrogen) atoms. The number of para-hydroxylation sites is 1. The minimum absolute atomic E-state index is 0.801. The lowest BCUT2D eigenvalue weighted by Gasteiger charge is -2.03. The summed E-state index contributed by atoms with van der Waals surface area (Å²) in [6.07, 6.45) is 0. The lowest BCUT2D eigenvalue weighted by atomic mass is 10.2. The molecule has 0 unspecified atom stereocenters. The van der Waals surface area contributed by atoms with Gasteiger partial charge in [0.15, 0.2) is 5.82 Å². The van der Waals surface area contributed by atoms with Gasteiger partial charge in [-0.15, -0.1) is 0 Å². The second-order valence-electron chi connectivity index (χ2n) is 3.97. The van der Waals surface area contributed by atoms with E-state index in [1.54, 1.807) is 7.11 Å². The predicted octanol–water partition coefficient (Wildman–Crippen LogP) is 3.32. The largest absolute Gasteiger partial charge is 0.497 e. The zero-order valence-corrected chi connectivity index (χ0v) is 9.97. The second-order valence-corrected chi connectivity index (χ2v) is 3.97. The summed E-state index contributed by atoms with van der Waals surface area (Å²) in [6.45, 7) is 0. The number of rotatable bonds is 3. The van der Waals surface area contributed by atoms with E-state index in [0.29, 0.717) is 0 Å². The van der Waals surface area contributed by atoms with Crippen molar-refractivity contribution in [2.75, 3.05) is 12.4 Å². The lowest BCUT2D eigenvalue weighted by Crippen LogP contribution is -1.90. The summed E-state index contributed by atoms with van der Waals surface area (Å²) < 4.78 is 5.23. The maximum absolute atomic E-state index is 5.23. The number of aromatic nitrogens is 2. The van der Waals surface area contributed by atoms with Crippen molar-refractivity contribution in [1.82, 2.24) is 10.2 Å². The smallest absolute Gasteiger partial charge is 0.160 e. The number of nitrogens with zero attached hydrogens (tertiary/aromatic N) is 1. The van der Waals surface area contributed by atoms with Crippen LogP contribution in [0.4, 0.5) is 11.5 Å². The molecule has 0 amide bonds. The summed E-state index contributed by atoms with van der Waals surface area (Å²) in [5.74, 6) is 1.62. The highest BCUT2D eigenvalue weighted by Crippen LogP contribution is 2.27. The van der Waals surface area contributed by atoms with E-state index in [1.807, 2.05) is 48.5 Å². The van der Waals surface area contributed by atoms with Crippen molar-refractivity contribution >= 4 is 22.4 Å². The number of H-pyrrole nitrogens is 1. The second kappa shape index (κ2) is 4.41. The molecule has 4 nitrogen and oxygen atoms in total. The van der Waals surface area contributed by atoms with E-state index in [-0.39, 0.29) is 0 Å². The van der Waals surface area contributed by atoms with Crippen molar-refractivity contribution in [3.05, 3.63) is 48.5 Å². The third-order valence-corrected chi connectivity index (χ3v) is 2.81. The van der Waals surface area contributed by atoms with Gasteiger partial charge in [-0.25, -0.2) is 0 Å². The molecule has 0 atom stereocenters. The fraction of sp³-hybridized carbons (Fsp3) is 0.0714. The molecule has 0 aliphatic heterocycles. The maximum atomic E-state index is 5.23. The highest BCUT2D eigenvalue weighted by atomic mass is 16.5. The van der Waals surface area contributed by atoms with Gasteiger partial charge in [0, 0.05) is 11.1 Å². The molecule has 0 saturated carbocycles. The van der Waals surface area contributed by atoms with Crippen LogP contribution in [0, 0.1) is 0 Å². The zero-order valence-electron chi connectivity index (χ0n) is 9.97. The molecule has 0 saturated heterocycles. The molecule has 2 aromatic carbocycles. The van der Waals surface area contributed by atoms with Gasteiger partial charge < -0.3 is 10.1 Å². The van der Waals surface area contributed by atoms with Crippen molar-refractivity contribution in [1.29, 1.82) is 0 Å². The Hall–Kier alpha value is -2.49. The predicted molar refractivity (Wildman–Crippen MR) is 72.4 cm³/mol. The van der Waals surface area contributed by atoms with Gasteiger partial charge in [-0.05, 0) is 30.3 Å². The third kappa shape index (κ3) is 1.88. The maximum Gasteiger partial charge on any atom is 0.160 e. The number of fused-ring (bicyclic) bond motifs is 1. The van der Waals surface area contributed by atoms with E-state index in [9.17, 15) is 0 Å². The molecule has 3 aromatic rings. The Bertz CT molecular complexity index is 661. The van der Waals surface area contributed by atoms with Crippen LogP contribution in [0.15, 0.2) is 48.5 Å². The molecule has 4 heteroatoms. The van der Waals surface area contributed by atoms with Crippen molar-refractivity contribution in [3.8, 4) is 5.75 Å². The Labute approximate surface area is 105 Å². The van der Waals surface area contributed by atoms with E-state index in [2.05, 4.69) is 15.5 Å². The van der Waals surface area contributed by atoms with Crippen LogP contribution in [0.25, 0.3) is 10.9 Å². The highest BCUT2D eigenvalue weighted by molar-refractivity contribution is 5.92. The first-order valence-electron chi connectivity index (χ1n) is 5.71. The van der Waals surface area contributed by atoms with Crippen LogP contribution < -0.4 is 10.1 Å². The van der Waals surface area contributed by atoms with Crippen molar-refractivity contribution in [2.24, 2.45) is 0 Å². The van der Waals surface area contributed by atoms with Gasteiger partial charge in [0.2, 0.25) is 0 Å². The average molecular weight is 239 g/mol. The van der Waals surface area contributed by atoms with Crippen LogP contribution in [0.3, 0.4) is 0 Å². The molecular weight excluding hydrogens is 226 g/mol. The number of ether oxygens (including phenoxy) is 1. The van der Waals surface area contributed by atoms with Gasteiger partial charge in [-0.3, -0.25) is 5.10 Å². The number of aromatic amines is 1. The Morgan fingerprint density at radius 1 is 1.11 bits per heavy atom. The monoisotopic (exact) mass is 239 g/mol. The third-order valence-electron chi connectivity index (χ3n) is 2.81. The van der Waals surface area contributed by atoms with Crippen molar-refractivity contribution in [2.45, 2.75) is 0 Å². The molecule has 0 aliphatic carbocycles. The molecule has 0 fully saturated rings. The average Bonchev–Trinajstić information content (AvgIpc) is 2.82. The highest BCUT2D eigenvalue weighted by Gasteiger charge is 2.06. The first kappa shape index (κ1) is 10.7. The number of methoxy groups -OCH3 is 1. The molecule has 1 aromatic heterocycles. The van der Waals surface area contributed by atoms with Crippen LogP contribution in [-0.2, 0) is 0 Å². The number of nitrogens with one attached hydrogen (secondary N) is 2. The standard InChI is InChI=1S/C14H13N3O/c1-18-11-7-8-13-12(9-11)14(17-16-13)15-10-5-3-2-4-6-10/h2-9H,1H3,(H2,15,16,17). The number of hydrogen-bond donors (Lipinski definition) is 2. The molecule has 0 radical (unpaired) electrons. The summed E-state index contributed by atoms with van der Waals surface area (Å²) in [6, 6.07) is 15.8. The number of benzene rings is 2. The minimum Gasteiger partial charge on any atom is -0.497 e. The summed E-state index contributed by atoms with van der Waals surface area (Å²) in [4.78, 5) is 0. The molecule has 0 bridgehead atoms. The van der Waals surface area contributed by atoms with Gasteiger partial charge in [0.25, 0.3) is 0 Å². The first-order chi connectivity index (χ1) is 8.86. The summed E-state index contributed by atoms with van der Waals surface area (Å²) in [7, 11) is 1.66. The van der Waals surface area contributed by atoms with Gasteiger partial charge in [-0.1, -0.05) is 18.2 Å². The first-order valence-corrected chi connectivity index (χ1v) is 5.71. The van der Waals surface area contributed by atoms with Gasteiger partial charge in [0.1, 0.15) is 5.75 Å². The molecule has 1 heterocycles. The van der Waals surface area contributed by atoms with Crippen molar-refractivity contribution < 1.29 is 4.74 Å². The molecular formula is C14H13N3O. The lowest BCUT2D eigenvalue weighted by molar-refractivity contribution is 0.415. The Kier molecular flexibility index (Phi) is 2.61. The van der Waals surface area contributed by atoms with Gasteiger partial charge in [-0.2, -0.15) is 5.10 Å². The summed E-state index contributed by atoms with van der Waals surface area (Å²) in [5.41, 5.74) is 1.99. The van der Waals surface area contributed by atoms with Gasteiger partial charge >= 0.3 is 0 Å². The Balaban J connectivity index is 2.01. The summed E-state index contributed by atoms with van der Waals surface area (Å²) in [5, 5.41) is 11.6. The molecule has 3 rings (SSSR count). The Morgan fingerprint density at radius 2 is 1.94 bits per heavy atom. The quantitative estimate of drug-likeness (QED) is 0.737. The van der Waals surface area contributed by atoms with Crippen LogP contribution in [0.1, 0.15) is 0 Å². The summed E-state index contributed by atoms with van der Waals surface area (Å²) >= 11 is 0. The van der Waals surface area contributed by atoms with Crippen LogP contribution in [0.2, 0.25) is 0 Å². The van der Waals surface area contributed by atoms with Crippen LogP contribution in [-0.4, -0.2) is 17.3 Å². The van der Waals surface area contributed by atoms with Crippen molar-refractivity contribution in [3.63, 3.8) is 0 Å². The fourth-order valence-electron chi connectivity index (χ4n) is 1.87. The van der Waals surface area contributed by atoms with E-state index in [4.69, 9.17) is 4.74 Å². The Morgan fingerprint density at radius 3 is 2.72 bits per heavy atom. The minimum atomic E-state index is 0.801. The molecule has 2 N–H and O–H groups in total. The van der Waals surface area contributed by atoms with E-state index < -0.39 is 0 Å². The molecule has 0 aliphatic rings. The van der Waals surface area contributed by atoms with Gasteiger partial charge in [0.05, 0.1) is 12.6 Å². The van der Waals surface area contributed by atoms with Crippen LogP contribution >= 0.6 is 0 Å². The number of anilines is 2. The topological polar surface area (TPSA) is 49.9 Å². The molecule has 90 valence electrons.